The summed E-state index contributed by atoms with van der Waals surface area (Å²) in [5.41, 5.74) is 9.08. The molecule has 4 nitrogen and oxygen atoms in total. The highest BCUT2D eigenvalue weighted by molar-refractivity contribution is 5.98. The quantitative estimate of drug-likeness (QED) is 0.756. The number of nitrogens with one attached hydrogen (secondary N) is 1. The summed E-state index contributed by atoms with van der Waals surface area (Å²) in [4.78, 5) is 24.2. The van der Waals surface area contributed by atoms with E-state index in [9.17, 15) is 9.59 Å². The van der Waals surface area contributed by atoms with Gasteiger partial charge in [-0.1, -0.05) is 12.1 Å². The standard InChI is InChI=1S/C18H24N2O2/c19-11-16(13-5-6-13)20-18(22)9-8-17(21)15-7-4-12-2-1-3-14(12)10-15/h4,7,10,13,16H,1-3,5-6,8-9,11,19H2,(H,20,22). The van der Waals surface area contributed by atoms with E-state index in [-0.39, 0.29) is 30.6 Å². The zero-order valence-corrected chi connectivity index (χ0v) is 12.9. The number of hydrogen-bond acceptors (Lipinski definition) is 3. The first-order chi connectivity index (χ1) is 10.7. The Morgan fingerprint density at radius 1 is 1.18 bits per heavy atom. The van der Waals surface area contributed by atoms with Crippen molar-refractivity contribution in [2.24, 2.45) is 11.7 Å². The number of fused-ring (bicyclic) bond motifs is 1. The molecule has 1 aromatic rings. The first-order valence-electron chi connectivity index (χ1n) is 8.32. The molecule has 1 unspecified atom stereocenters. The van der Waals surface area contributed by atoms with Crippen LogP contribution in [0.15, 0.2) is 18.2 Å². The Labute approximate surface area is 131 Å². The van der Waals surface area contributed by atoms with Crippen molar-refractivity contribution < 1.29 is 9.59 Å². The third-order valence-electron chi connectivity index (χ3n) is 4.79. The van der Waals surface area contributed by atoms with E-state index in [0.717, 1.165) is 31.2 Å². The summed E-state index contributed by atoms with van der Waals surface area (Å²) >= 11 is 0. The van der Waals surface area contributed by atoms with Crippen LogP contribution in [-0.2, 0) is 17.6 Å². The van der Waals surface area contributed by atoms with Crippen molar-refractivity contribution in [3.8, 4) is 0 Å². The Balaban J connectivity index is 1.50. The molecule has 1 saturated carbocycles. The maximum atomic E-state index is 12.2. The van der Waals surface area contributed by atoms with Gasteiger partial charge in [0, 0.05) is 31.0 Å². The zero-order valence-electron chi connectivity index (χ0n) is 12.9. The summed E-state index contributed by atoms with van der Waals surface area (Å²) in [5.74, 6) is 0.541. The van der Waals surface area contributed by atoms with Gasteiger partial charge in [0.05, 0.1) is 0 Å². The van der Waals surface area contributed by atoms with E-state index in [4.69, 9.17) is 5.73 Å². The molecule has 0 aromatic heterocycles. The second-order valence-electron chi connectivity index (χ2n) is 6.51. The molecule has 0 spiro atoms. The number of benzene rings is 1. The van der Waals surface area contributed by atoms with E-state index in [1.807, 2.05) is 12.1 Å². The molecule has 118 valence electrons. The van der Waals surface area contributed by atoms with Crippen LogP contribution in [0.1, 0.15) is 53.6 Å². The molecule has 22 heavy (non-hydrogen) atoms. The van der Waals surface area contributed by atoms with E-state index < -0.39 is 0 Å². The lowest BCUT2D eigenvalue weighted by Gasteiger charge is -2.15. The highest BCUT2D eigenvalue weighted by Crippen LogP contribution is 2.32. The van der Waals surface area contributed by atoms with E-state index in [1.165, 1.54) is 17.5 Å². The number of ketones is 1. The van der Waals surface area contributed by atoms with Gasteiger partial charge in [-0.05, 0) is 55.2 Å². The van der Waals surface area contributed by atoms with Crippen LogP contribution in [0.3, 0.4) is 0 Å². The molecule has 1 amide bonds. The normalized spacial score (nSPS) is 17.9. The number of nitrogens with two attached hydrogens (primary N) is 1. The average Bonchev–Trinajstić information content (AvgIpc) is 3.26. The van der Waals surface area contributed by atoms with Crippen molar-refractivity contribution in [1.82, 2.24) is 5.32 Å². The molecule has 2 aliphatic carbocycles. The molecule has 0 radical (unpaired) electrons. The summed E-state index contributed by atoms with van der Waals surface area (Å²) in [6, 6.07) is 6.06. The molecule has 1 aromatic carbocycles. The number of carbonyl (C=O) groups excluding carboxylic acids is 2. The van der Waals surface area contributed by atoms with Crippen molar-refractivity contribution >= 4 is 11.7 Å². The summed E-state index contributed by atoms with van der Waals surface area (Å²) in [7, 11) is 0. The van der Waals surface area contributed by atoms with Gasteiger partial charge in [-0.25, -0.2) is 0 Å². The van der Waals surface area contributed by atoms with Crippen LogP contribution >= 0.6 is 0 Å². The summed E-state index contributed by atoms with van der Waals surface area (Å²) in [5, 5.41) is 2.96. The Kier molecular flexibility index (Phi) is 4.57. The number of aryl methyl sites for hydroxylation is 2. The van der Waals surface area contributed by atoms with Crippen LogP contribution in [0.5, 0.6) is 0 Å². The molecular formula is C18H24N2O2. The second kappa shape index (κ2) is 6.61. The minimum atomic E-state index is -0.0585. The molecule has 3 rings (SSSR count). The molecule has 0 heterocycles. The van der Waals surface area contributed by atoms with Crippen molar-refractivity contribution in [3.63, 3.8) is 0 Å². The van der Waals surface area contributed by atoms with E-state index in [2.05, 4.69) is 11.4 Å². The number of amides is 1. The Bertz CT molecular complexity index is 578. The molecule has 0 saturated heterocycles. The van der Waals surface area contributed by atoms with Gasteiger partial charge in [0.15, 0.2) is 5.78 Å². The van der Waals surface area contributed by atoms with E-state index in [0.29, 0.717) is 12.5 Å². The summed E-state index contributed by atoms with van der Waals surface area (Å²) < 4.78 is 0. The lowest BCUT2D eigenvalue weighted by Crippen LogP contribution is -2.41. The van der Waals surface area contributed by atoms with Gasteiger partial charge in [0.1, 0.15) is 0 Å². The molecule has 2 aliphatic rings. The minimum Gasteiger partial charge on any atom is -0.352 e. The first kappa shape index (κ1) is 15.2. The molecular weight excluding hydrogens is 276 g/mol. The van der Waals surface area contributed by atoms with Crippen LogP contribution in [0.25, 0.3) is 0 Å². The molecule has 0 aliphatic heterocycles. The number of Topliss-reactive ketones (excluding diaryl/α,β-unsaturated/α-hetero) is 1. The Morgan fingerprint density at radius 3 is 2.68 bits per heavy atom. The Hall–Kier alpha value is -1.68. The number of rotatable bonds is 7. The van der Waals surface area contributed by atoms with Gasteiger partial charge in [-0.2, -0.15) is 0 Å². The largest absolute Gasteiger partial charge is 0.352 e. The third-order valence-corrected chi connectivity index (χ3v) is 4.79. The fraction of sp³-hybridized carbons (Fsp3) is 0.556. The van der Waals surface area contributed by atoms with Gasteiger partial charge in [-0.15, -0.1) is 0 Å². The molecule has 4 heteroatoms. The highest BCUT2D eigenvalue weighted by Gasteiger charge is 2.31. The van der Waals surface area contributed by atoms with E-state index in [1.54, 1.807) is 0 Å². The monoisotopic (exact) mass is 300 g/mol. The fourth-order valence-corrected chi connectivity index (χ4v) is 3.26. The van der Waals surface area contributed by atoms with E-state index >= 15 is 0 Å². The topological polar surface area (TPSA) is 72.2 Å². The maximum Gasteiger partial charge on any atom is 0.220 e. The van der Waals surface area contributed by atoms with Gasteiger partial charge < -0.3 is 11.1 Å². The van der Waals surface area contributed by atoms with Crippen LogP contribution in [-0.4, -0.2) is 24.3 Å². The Morgan fingerprint density at radius 2 is 1.95 bits per heavy atom. The predicted molar refractivity (Wildman–Crippen MR) is 85.7 cm³/mol. The number of carbonyl (C=O) groups is 2. The van der Waals surface area contributed by atoms with Crippen molar-refractivity contribution in [2.45, 2.75) is 51.0 Å². The van der Waals surface area contributed by atoms with Gasteiger partial charge >= 0.3 is 0 Å². The number of hydrogen-bond donors (Lipinski definition) is 2. The van der Waals surface area contributed by atoms with Crippen LogP contribution in [0.4, 0.5) is 0 Å². The van der Waals surface area contributed by atoms with Crippen molar-refractivity contribution in [3.05, 3.63) is 34.9 Å². The van der Waals surface area contributed by atoms with Crippen LogP contribution in [0.2, 0.25) is 0 Å². The molecule has 0 bridgehead atoms. The van der Waals surface area contributed by atoms with Crippen LogP contribution in [0, 0.1) is 5.92 Å². The van der Waals surface area contributed by atoms with Gasteiger partial charge in [0.25, 0.3) is 0 Å². The summed E-state index contributed by atoms with van der Waals surface area (Å²) in [6.45, 7) is 0.481. The average molecular weight is 300 g/mol. The zero-order chi connectivity index (χ0) is 15.5. The van der Waals surface area contributed by atoms with Crippen LogP contribution < -0.4 is 11.1 Å². The SMILES string of the molecule is NCC(NC(=O)CCC(=O)c1ccc2c(c1)CCC2)C1CC1. The smallest absolute Gasteiger partial charge is 0.220 e. The van der Waals surface area contributed by atoms with Crippen molar-refractivity contribution in [2.75, 3.05) is 6.54 Å². The molecule has 1 atom stereocenters. The third kappa shape index (κ3) is 3.55. The fourth-order valence-electron chi connectivity index (χ4n) is 3.26. The highest BCUT2D eigenvalue weighted by atomic mass is 16.2. The predicted octanol–water partition coefficient (Wildman–Crippen LogP) is 1.99. The molecule has 3 N–H and O–H groups in total. The lowest BCUT2D eigenvalue weighted by molar-refractivity contribution is -0.121. The maximum absolute atomic E-state index is 12.2. The second-order valence-corrected chi connectivity index (χ2v) is 6.51. The summed E-state index contributed by atoms with van der Waals surface area (Å²) in [6.07, 6.45) is 6.18. The first-order valence-corrected chi connectivity index (χ1v) is 8.32. The molecule has 1 fully saturated rings. The van der Waals surface area contributed by atoms with Crippen molar-refractivity contribution in [1.29, 1.82) is 0 Å². The lowest BCUT2D eigenvalue weighted by atomic mass is 10.0. The van der Waals surface area contributed by atoms with Gasteiger partial charge in [-0.3, -0.25) is 9.59 Å². The minimum absolute atomic E-state index is 0.0561. The van der Waals surface area contributed by atoms with Gasteiger partial charge in [0.2, 0.25) is 5.91 Å².